The van der Waals surface area contributed by atoms with E-state index >= 15 is 0 Å². The fraction of sp³-hybridized carbons (Fsp3) is 0.714. The van der Waals surface area contributed by atoms with Crippen molar-refractivity contribution in [1.29, 1.82) is 0 Å². The van der Waals surface area contributed by atoms with Gasteiger partial charge in [0.15, 0.2) is 0 Å². The number of hydrogen-bond donors (Lipinski definition) is 1. The summed E-state index contributed by atoms with van der Waals surface area (Å²) in [7, 11) is 2.61. The Morgan fingerprint density at radius 2 is 2.00 bits per heavy atom. The van der Waals surface area contributed by atoms with Crippen LogP contribution in [0.1, 0.15) is 6.42 Å². The van der Waals surface area contributed by atoms with E-state index in [4.69, 9.17) is 0 Å². The van der Waals surface area contributed by atoms with Crippen LogP contribution in [-0.2, 0) is 14.3 Å². The van der Waals surface area contributed by atoms with Gasteiger partial charge in [0, 0.05) is 6.04 Å². The van der Waals surface area contributed by atoms with E-state index in [0.29, 0.717) is 6.42 Å². The number of nitrogens with one attached hydrogen (secondary N) is 1. The minimum atomic E-state index is -0.508. The average Bonchev–Trinajstić information content (AvgIpc) is 2.82. The fourth-order valence-electron chi connectivity index (χ4n) is 0.977. The number of ether oxygens (including phenoxy) is 2. The van der Waals surface area contributed by atoms with Gasteiger partial charge in [-0.25, -0.2) is 4.79 Å². The number of hydrogen-bond acceptors (Lipinski definition) is 4. The molecule has 0 spiro atoms. The first-order chi connectivity index (χ1) is 5.69. The third-order valence-corrected chi connectivity index (χ3v) is 1.78. The van der Waals surface area contributed by atoms with Crippen LogP contribution >= 0.6 is 0 Å². The number of methoxy groups -OCH3 is 2. The Balaban J connectivity index is 2.24. The molecule has 12 heavy (non-hydrogen) atoms. The van der Waals surface area contributed by atoms with Crippen molar-refractivity contribution in [2.24, 2.45) is 5.92 Å². The largest absolute Gasteiger partial charge is 0.469 e. The highest BCUT2D eigenvalue weighted by Gasteiger charge is 2.45. The smallest absolute Gasteiger partial charge is 0.407 e. The van der Waals surface area contributed by atoms with Gasteiger partial charge in [0.2, 0.25) is 0 Å². The summed E-state index contributed by atoms with van der Waals surface area (Å²) in [6.45, 7) is 0. The molecule has 1 N–H and O–H groups in total. The highest BCUT2D eigenvalue weighted by Crippen LogP contribution is 2.31. The van der Waals surface area contributed by atoms with Crippen molar-refractivity contribution in [2.45, 2.75) is 12.5 Å². The Kier molecular flexibility index (Phi) is 2.52. The molecule has 5 nitrogen and oxygen atoms in total. The van der Waals surface area contributed by atoms with Crippen LogP contribution in [0, 0.1) is 5.92 Å². The highest BCUT2D eigenvalue weighted by molar-refractivity contribution is 5.78. The number of esters is 1. The second kappa shape index (κ2) is 3.42. The van der Waals surface area contributed by atoms with E-state index in [1.165, 1.54) is 14.2 Å². The van der Waals surface area contributed by atoms with Gasteiger partial charge in [-0.3, -0.25) is 4.79 Å². The Bertz CT molecular complexity index is 204. The summed E-state index contributed by atoms with van der Waals surface area (Å²) in [5.74, 6) is -0.467. The van der Waals surface area contributed by atoms with Gasteiger partial charge >= 0.3 is 12.1 Å². The lowest BCUT2D eigenvalue weighted by Crippen LogP contribution is -2.28. The fourth-order valence-corrected chi connectivity index (χ4v) is 0.977. The third-order valence-electron chi connectivity index (χ3n) is 1.78. The molecule has 0 aromatic rings. The van der Waals surface area contributed by atoms with Crippen molar-refractivity contribution in [2.75, 3.05) is 14.2 Å². The molecule has 0 unspecified atom stereocenters. The summed E-state index contributed by atoms with van der Waals surface area (Å²) in [5, 5.41) is 2.51. The van der Waals surface area contributed by atoms with Gasteiger partial charge in [-0.05, 0) is 6.42 Å². The summed E-state index contributed by atoms with van der Waals surface area (Å²) in [6, 6.07) is -0.107. The Morgan fingerprint density at radius 1 is 1.33 bits per heavy atom. The van der Waals surface area contributed by atoms with E-state index in [9.17, 15) is 9.59 Å². The molecule has 2 atom stereocenters. The van der Waals surface area contributed by atoms with Gasteiger partial charge in [-0.2, -0.15) is 0 Å². The van der Waals surface area contributed by atoms with E-state index < -0.39 is 6.09 Å². The zero-order chi connectivity index (χ0) is 9.14. The van der Waals surface area contributed by atoms with Gasteiger partial charge in [0.05, 0.1) is 20.1 Å². The molecule has 0 aliphatic heterocycles. The molecule has 0 aromatic heterocycles. The monoisotopic (exact) mass is 173 g/mol. The second-order valence-corrected chi connectivity index (χ2v) is 2.61. The number of carbonyl (C=O) groups is 2. The molecule has 1 rings (SSSR count). The molecule has 0 radical (unpaired) electrons. The quantitative estimate of drug-likeness (QED) is 0.592. The number of carbonyl (C=O) groups excluding carboxylic acids is 2. The molecule has 0 saturated heterocycles. The summed E-state index contributed by atoms with van der Waals surface area (Å²) in [6.07, 6.45) is 0.133. The SMILES string of the molecule is COC(=O)N[C@@H]1C[C@H]1C(=O)OC. The van der Waals surface area contributed by atoms with Crippen LogP contribution in [0.5, 0.6) is 0 Å². The summed E-state index contributed by atoms with van der Waals surface area (Å²) >= 11 is 0. The molecule has 1 saturated carbocycles. The van der Waals surface area contributed by atoms with Crippen molar-refractivity contribution >= 4 is 12.1 Å². The number of alkyl carbamates (subject to hydrolysis) is 1. The van der Waals surface area contributed by atoms with Crippen molar-refractivity contribution in [3.8, 4) is 0 Å². The molecular formula is C7H11NO4. The maximum Gasteiger partial charge on any atom is 0.407 e. The molecule has 5 heteroatoms. The lowest BCUT2D eigenvalue weighted by Gasteiger charge is -2.00. The number of rotatable bonds is 2. The van der Waals surface area contributed by atoms with Gasteiger partial charge in [0.25, 0.3) is 0 Å². The standard InChI is InChI=1S/C7H11NO4/c1-11-6(9)4-3-5(4)8-7(10)12-2/h4-5H,3H2,1-2H3,(H,8,10)/t4-,5-/m1/s1. The van der Waals surface area contributed by atoms with Crippen molar-refractivity contribution in [3.63, 3.8) is 0 Å². The van der Waals surface area contributed by atoms with Crippen LogP contribution in [0.4, 0.5) is 4.79 Å². The summed E-state index contributed by atoms with van der Waals surface area (Å²) in [5.41, 5.74) is 0. The van der Waals surface area contributed by atoms with Gasteiger partial charge in [0.1, 0.15) is 0 Å². The minimum absolute atomic E-state index is 0.107. The molecule has 1 aliphatic rings. The average molecular weight is 173 g/mol. The lowest BCUT2D eigenvalue weighted by molar-refractivity contribution is -0.142. The first-order valence-electron chi connectivity index (χ1n) is 3.61. The van der Waals surface area contributed by atoms with Crippen molar-refractivity contribution in [3.05, 3.63) is 0 Å². The molecule has 1 aliphatic carbocycles. The van der Waals surface area contributed by atoms with Crippen LogP contribution in [0.2, 0.25) is 0 Å². The summed E-state index contributed by atoms with van der Waals surface area (Å²) in [4.78, 5) is 21.5. The van der Waals surface area contributed by atoms with E-state index in [1.807, 2.05) is 0 Å². The van der Waals surface area contributed by atoms with E-state index in [-0.39, 0.29) is 17.9 Å². The van der Waals surface area contributed by atoms with Crippen LogP contribution in [-0.4, -0.2) is 32.3 Å². The third kappa shape index (κ3) is 1.87. The minimum Gasteiger partial charge on any atom is -0.469 e. The zero-order valence-corrected chi connectivity index (χ0v) is 6.99. The van der Waals surface area contributed by atoms with E-state index in [0.717, 1.165) is 0 Å². The summed E-state index contributed by atoms with van der Waals surface area (Å²) < 4.78 is 8.85. The lowest BCUT2D eigenvalue weighted by atomic mass is 10.4. The first-order valence-corrected chi connectivity index (χ1v) is 3.61. The predicted octanol–water partition coefficient (Wildman–Crippen LogP) is -0.0961. The molecular weight excluding hydrogens is 162 g/mol. The van der Waals surface area contributed by atoms with Gasteiger partial charge in [-0.15, -0.1) is 0 Å². The molecule has 1 amide bonds. The molecule has 68 valence electrons. The van der Waals surface area contributed by atoms with E-state index in [2.05, 4.69) is 14.8 Å². The van der Waals surface area contributed by atoms with Crippen LogP contribution in [0.25, 0.3) is 0 Å². The Hall–Kier alpha value is -1.26. The highest BCUT2D eigenvalue weighted by atomic mass is 16.5. The van der Waals surface area contributed by atoms with Crippen molar-refractivity contribution in [1.82, 2.24) is 5.32 Å². The topological polar surface area (TPSA) is 64.6 Å². The maximum atomic E-state index is 10.8. The Labute approximate surface area is 70.0 Å². The predicted molar refractivity (Wildman–Crippen MR) is 39.5 cm³/mol. The molecule has 0 aromatic carbocycles. The maximum absolute atomic E-state index is 10.8. The van der Waals surface area contributed by atoms with Gasteiger partial charge in [-0.1, -0.05) is 0 Å². The van der Waals surface area contributed by atoms with Gasteiger partial charge < -0.3 is 14.8 Å². The van der Waals surface area contributed by atoms with Crippen LogP contribution in [0.3, 0.4) is 0 Å². The van der Waals surface area contributed by atoms with Crippen molar-refractivity contribution < 1.29 is 19.1 Å². The zero-order valence-electron chi connectivity index (χ0n) is 6.99. The van der Waals surface area contributed by atoms with Crippen LogP contribution < -0.4 is 5.32 Å². The number of amides is 1. The second-order valence-electron chi connectivity index (χ2n) is 2.61. The van der Waals surface area contributed by atoms with E-state index in [1.54, 1.807) is 0 Å². The Morgan fingerprint density at radius 3 is 2.50 bits per heavy atom. The normalized spacial score (nSPS) is 25.8. The molecule has 0 heterocycles. The first kappa shape index (κ1) is 8.83. The van der Waals surface area contributed by atoms with Crippen LogP contribution in [0.15, 0.2) is 0 Å². The molecule has 0 bridgehead atoms. The molecule has 1 fully saturated rings.